The van der Waals surface area contributed by atoms with Crippen LogP contribution in [0, 0.1) is 13.8 Å². The monoisotopic (exact) mass is 485 g/mol. The number of rotatable bonds is 7. The van der Waals surface area contributed by atoms with Gasteiger partial charge in [-0.2, -0.15) is 0 Å². The summed E-state index contributed by atoms with van der Waals surface area (Å²) in [6, 6.07) is 12.0. The minimum Gasteiger partial charge on any atom is -0.480 e. The Balaban J connectivity index is 1.70. The number of carboxylic acids is 1. The van der Waals surface area contributed by atoms with Gasteiger partial charge in [0.15, 0.2) is 0 Å². The van der Waals surface area contributed by atoms with Crippen molar-refractivity contribution in [3.8, 4) is 0 Å². The first-order valence-corrected chi connectivity index (χ1v) is 10.7. The van der Waals surface area contributed by atoms with E-state index in [1.54, 1.807) is 68.6 Å². The summed E-state index contributed by atoms with van der Waals surface area (Å²) >= 11 is 12.1. The molecule has 0 aliphatic carbocycles. The molecule has 0 saturated carbocycles. The van der Waals surface area contributed by atoms with E-state index in [4.69, 9.17) is 23.2 Å². The minimum atomic E-state index is -1.16. The molecule has 2 amide bonds. The van der Waals surface area contributed by atoms with Gasteiger partial charge in [-0.3, -0.25) is 14.6 Å². The van der Waals surface area contributed by atoms with Crippen molar-refractivity contribution >= 4 is 46.7 Å². The lowest BCUT2D eigenvalue weighted by Crippen LogP contribution is -2.42. The number of anilines is 1. The molecule has 3 rings (SSSR count). The van der Waals surface area contributed by atoms with Crippen LogP contribution in [0.15, 0.2) is 54.7 Å². The summed E-state index contributed by atoms with van der Waals surface area (Å²) in [5, 5.41) is 15.3. The molecule has 9 heteroatoms. The number of benzene rings is 2. The molecule has 0 aliphatic heterocycles. The van der Waals surface area contributed by atoms with Gasteiger partial charge in [0.05, 0.1) is 26.9 Å². The fourth-order valence-electron chi connectivity index (χ4n) is 3.34. The van der Waals surface area contributed by atoms with Crippen LogP contribution in [-0.4, -0.2) is 33.9 Å². The van der Waals surface area contributed by atoms with Crippen LogP contribution in [0.4, 0.5) is 5.69 Å². The van der Waals surface area contributed by atoms with Gasteiger partial charge in [0.1, 0.15) is 6.04 Å². The molecule has 0 spiro atoms. The summed E-state index contributed by atoms with van der Waals surface area (Å²) < 4.78 is 0. The Hall–Kier alpha value is -3.42. The van der Waals surface area contributed by atoms with Crippen molar-refractivity contribution in [2.24, 2.45) is 0 Å². The second-order valence-corrected chi connectivity index (χ2v) is 8.22. The molecule has 1 aromatic heterocycles. The smallest absolute Gasteiger partial charge is 0.326 e. The number of hydrogen-bond acceptors (Lipinski definition) is 4. The van der Waals surface area contributed by atoms with Gasteiger partial charge in [0, 0.05) is 18.3 Å². The van der Waals surface area contributed by atoms with E-state index in [9.17, 15) is 19.5 Å². The molecule has 7 nitrogen and oxygen atoms in total. The lowest BCUT2D eigenvalue weighted by atomic mass is 10.0. The van der Waals surface area contributed by atoms with Gasteiger partial charge in [0.25, 0.3) is 11.8 Å². The molecule has 2 aromatic carbocycles. The molecule has 3 aromatic rings. The van der Waals surface area contributed by atoms with Crippen molar-refractivity contribution in [3.63, 3.8) is 0 Å². The highest BCUT2D eigenvalue weighted by Gasteiger charge is 2.23. The van der Waals surface area contributed by atoms with Crippen LogP contribution in [-0.2, 0) is 11.2 Å². The fraction of sp³-hybridized carbons (Fsp3) is 0.167. The zero-order chi connectivity index (χ0) is 24.1. The van der Waals surface area contributed by atoms with Gasteiger partial charge in [-0.1, -0.05) is 41.4 Å². The Labute approximate surface area is 200 Å². The Morgan fingerprint density at radius 3 is 2.15 bits per heavy atom. The first kappa shape index (κ1) is 24.2. The van der Waals surface area contributed by atoms with Gasteiger partial charge < -0.3 is 15.7 Å². The summed E-state index contributed by atoms with van der Waals surface area (Å²) in [6.07, 6.45) is 1.65. The maximum absolute atomic E-state index is 12.7. The molecule has 1 atom stereocenters. The van der Waals surface area contributed by atoms with E-state index in [0.717, 1.165) is 0 Å². The van der Waals surface area contributed by atoms with Gasteiger partial charge in [-0.15, -0.1) is 0 Å². The minimum absolute atomic E-state index is 0.0595. The number of aryl methyl sites for hydroxylation is 2. The van der Waals surface area contributed by atoms with Gasteiger partial charge in [0.2, 0.25) is 0 Å². The summed E-state index contributed by atoms with van der Waals surface area (Å²) in [5.41, 5.74) is 2.91. The van der Waals surface area contributed by atoms with Crippen molar-refractivity contribution in [2.45, 2.75) is 26.3 Å². The van der Waals surface area contributed by atoms with E-state index >= 15 is 0 Å². The predicted octanol–water partition coefficient (Wildman–Crippen LogP) is 4.68. The molecule has 33 heavy (non-hydrogen) atoms. The predicted molar refractivity (Wildman–Crippen MR) is 127 cm³/mol. The lowest BCUT2D eigenvalue weighted by Gasteiger charge is -2.17. The number of nitrogens with zero attached hydrogens (tertiary/aromatic N) is 1. The van der Waals surface area contributed by atoms with Crippen LogP contribution in [0.2, 0.25) is 10.0 Å². The first-order valence-electron chi connectivity index (χ1n) is 9.97. The molecule has 170 valence electrons. The summed E-state index contributed by atoms with van der Waals surface area (Å²) in [5.74, 6) is -2.12. The second-order valence-electron chi connectivity index (χ2n) is 7.40. The van der Waals surface area contributed by atoms with E-state index in [1.165, 1.54) is 0 Å². The number of pyridine rings is 1. The molecule has 0 fully saturated rings. The topological polar surface area (TPSA) is 108 Å². The average Bonchev–Trinajstić information content (AvgIpc) is 2.74. The summed E-state index contributed by atoms with van der Waals surface area (Å²) in [6.45, 7) is 3.46. The fourth-order valence-corrected chi connectivity index (χ4v) is 3.91. The lowest BCUT2D eigenvalue weighted by molar-refractivity contribution is -0.139. The largest absolute Gasteiger partial charge is 0.480 e. The van der Waals surface area contributed by atoms with E-state index in [1.807, 2.05) is 0 Å². The SMILES string of the molecule is Cc1ccnc(C)c1C(=O)N[C@@H](Cc1ccc(NC(=O)c2c(Cl)cccc2Cl)cc1)C(=O)O. The molecule has 0 saturated heterocycles. The highest BCUT2D eigenvalue weighted by Crippen LogP contribution is 2.25. The van der Waals surface area contributed by atoms with Crippen LogP contribution in [0.3, 0.4) is 0 Å². The number of nitrogens with one attached hydrogen (secondary N) is 2. The van der Waals surface area contributed by atoms with E-state index in [-0.39, 0.29) is 22.0 Å². The molecule has 0 bridgehead atoms. The molecular weight excluding hydrogens is 465 g/mol. The molecule has 0 radical (unpaired) electrons. The second kappa shape index (κ2) is 10.5. The number of carbonyl (C=O) groups is 3. The van der Waals surface area contributed by atoms with Gasteiger partial charge in [-0.25, -0.2) is 4.79 Å². The normalized spacial score (nSPS) is 11.5. The zero-order valence-electron chi connectivity index (χ0n) is 17.9. The van der Waals surface area contributed by atoms with Crippen LogP contribution in [0.5, 0.6) is 0 Å². The summed E-state index contributed by atoms with van der Waals surface area (Å²) in [7, 11) is 0. The van der Waals surface area contributed by atoms with Crippen molar-refractivity contribution in [1.29, 1.82) is 0 Å². The third-order valence-electron chi connectivity index (χ3n) is 5.02. The number of carboxylic acid groups (broad SMARTS) is 1. The maximum Gasteiger partial charge on any atom is 0.326 e. The Bertz CT molecular complexity index is 1170. The van der Waals surface area contributed by atoms with E-state index in [0.29, 0.717) is 28.1 Å². The summed E-state index contributed by atoms with van der Waals surface area (Å²) in [4.78, 5) is 41.0. The van der Waals surface area contributed by atoms with Crippen LogP contribution >= 0.6 is 23.2 Å². The van der Waals surface area contributed by atoms with E-state index in [2.05, 4.69) is 15.6 Å². The Kier molecular flexibility index (Phi) is 7.68. The first-order chi connectivity index (χ1) is 15.7. The van der Waals surface area contributed by atoms with Crippen molar-refractivity contribution in [2.75, 3.05) is 5.32 Å². The highest BCUT2D eigenvalue weighted by molar-refractivity contribution is 6.40. The van der Waals surface area contributed by atoms with Crippen LogP contribution in [0.1, 0.15) is 37.5 Å². The van der Waals surface area contributed by atoms with Crippen LogP contribution in [0.25, 0.3) is 0 Å². The molecule has 3 N–H and O–H groups in total. The third-order valence-corrected chi connectivity index (χ3v) is 5.65. The molecule has 1 heterocycles. The van der Waals surface area contributed by atoms with Gasteiger partial charge >= 0.3 is 5.97 Å². The maximum atomic E-state index is 12.7. The average molecular weight is 486 g/mol. The highest BCUT2D eigenvalue weighted by atomic mass is 35.5. The molecular formula is C24H21Cl2N3O4. The molecule has 0 unspecified atom stereocenters. The number of carbonyl (C=O) groups excluding carboxylic acids is 2. The quantitative estimate of drug-likeness (QED) is 0.449. The number of halogens is 2. The third kappa shape index (κ3) is 5.88. The number of aliphatic carboxylic acids is 1. The number of hydrogen-bond donors (Lipinski definition) is 3. The molecule has 0 aliphatic rings. The Morgan fingerprint density at radius 1 is 0.939 bits per heavy atom. The standard InChI is InChI=1S/C24H21Cl2N3O4/c1-13-10-11-27-14(2)20(13)22(30)29-19(24(32)33)12-15-6-8-16(9-7-15)28-23(31)21-17(25)4-3-5-18(21)26/h3-11,19H,12H2,1-2H3,(H,28,31)(H,29,30)(H,32,33)/t19-/m0/s1. The zero-order valence-corrected chi connectivity index (χ0v) is 19.4. The van der Waals surface area contributed by atoms with Crippen molar-refractivity contribution in [3.05, 3.63) is 92.7 Å². The van der Waals surface area contributed by atoms with E-state index < -0.39 is 23.8 Å². The van der Waals surface area contributed by atoms with Crippen LogP contribution < -0.4 is 10.6 Å². The van der Waals surface area contributed by atoms with Crippen molar-refractivity contribution in [1.82, 2.24) is 10.3 Å². The number of amides is 2. The van der Waals surface area contributed by atoms with Gasteiger partial charge in [-0.05, 0) is 55.3 Å². The Morgan fingerprint density at radius 2 is 1.58 bits per heavy atom. The van der Waals surface area contributed by atoms with Crippen molar-refractivity contribution < 1.29 is 19.5 Å². The number of aromatic nitrogens is 1.